The number of halogens is 1. The van der Waals surface area contributed by atoms with Gasteiger partial charge in [-0.05, 0) is 55.5 Å². The van der Waals surface area contributed by atoms with Crippen LogP contribution in [0.15, 0.2) is 65.8 Å². The summed E-state index contributed by atoms with van der Waals surface area (Å²) in [6, 6.07) is 2.55. The zero-order valence-electron chi connectivity index (χ0n) is 21.9. The van der Waals surface area contributed by atoms with Gasteiger partial charge in [0.1, 0.15) is 11.5 Å². The first kappa shape index (κ1) is 27.5. The van der Waals surface area contributed by atoms with E-state index in [9.17, 15) is 14.0 Å². The van der Waals surface area contributed by atoms with Crippen molar-refractivity contribution in [1.29, 1.82) is 0 Å². The molecule has 2 atom stereocenters. The van der Waals surface area contributed by atoms with Crippen LogP contribution in [0.2, 0.25) is 0 Å². The molecule has 10 heteroatoms. The number of nitrogens with two attached hydrogens (primary N) is 1. The number of amides is 3. The average molecular weight is 525 g/mol. The zero-order valence-corrected chi connectivity index (χ0v) is 21.9. The van der Waals surface area contributed by atoms with Crippen molar-refractivity contribution >= 4 is 11.9 Å². The molecule has 0 radical (unpaired) electrons. The van der Waals surface area contributed by atoms with Crippen molar-refractivity contribution < 1.29 is 18.7 Å². The molecule has 0 bridgehead atoms. The van der Waals surface area contributed by atoms with Gasteiger partial charge in [0.05, 0.1) is 25.3 Å². The van der Waals surface area contributed by atoms with Crippen molar-refractivity contribution in [3.63, 3.8) is 0 Å². The minimum Gasteiger partial charge on any atom is -0.400 e. The van der Waals surface area contributed by atoms with Crippen LogP contribution in [0.1, 0.15) is 42.2 Å². The van der Waals surface area contributed by atoms with E-state index in [2.05, 4.69) is 20.5 Å². The lowest BCUT2D eigenvalue weighted by Crippen LogP contribution is -2.45. The van der Waals surface area contributed by atoms with Gasteiger partial charge in [-0.2, -0.15) is 0 Å². The summed E-state index contributed by atoms with van der Waals surface area (Å²) < 4.78 is 19.5. The maximum atomic E-state index is 14.1. The highest BCUT2D eigenvalue weighted by molar-refractivity contribution is 5.92. The normalized spacial score (nSPS) is 21.7. The molecule has 1 saturated heterocycles. The van der Waals surface area contributed by atoms with Crippen LogP contribution in [-0.2, 0) is 11.3 Å². The molecule has 1 aromatic rings. The number of aromatic nitrogens is 1. The van der Waals surface area contributed by atoms with Crippen LogP contribution in [-0.4, -0.2) is 78.2 Å². The fraction of sp³-hybridized carbons (Fsp3) is 0.464. The van der Waals surface area contributed by atoms with Gasteiger partial charge in [-0.15, -0.1) is 0 Å². The highest BCUT2D eigenvalue weighted by Gasteiger charge is 2.21. The van der Waals surface area contributed by atoms with Crippen molar-refractivity contribution in [2.45, 2.75) is 44.8 Å². The monoisotopic (exact) mass is 524 g/mol. The molecule has 0 aromatic carbocycles. The van der Waals surface area contributed by atoms with Gasteiger partial charge in [-0.3, -0.25) is 14.7 Å². The van der Waals surface area contributed by atoms with Gasteiger partial charge in [0.2, 0.25) is 0 Å². The Hall–Kier alpha value is -3.50. The molecule has 3 amide bonds. The molecule has 4 N–H and O–H groups in total. The van der Waals surface area contributed by atoms with Gasteiger partial charge in [0.25, 0.3) is 5.91 Å². The largest absolute Gasteiger partial charge is 0.400 e. The standard InChI is InChI=1S/C28H37FN6O3/c1-20-7-9-22(17-23(20)29)32-28(37)35(12-4-11-34-13-15-38-16-14-34)19-21-8-10-26(31-18-21)27(36)33-25-6-3-2-5-24(25)30/h2-3,5,7-8,10,17-18,22,25H,4,6,9,11-16,19,30H2,1H3,(H,32,37)(H,33,36). The van der Waals surface area contributed by atoms with E-state index in [1.807, 2.05) is 12.2 Å². The van der Waals surface area contributed by atoms with E-state index in [-0.39, 0.29) is 29.5 Å². The fourth-order valence-corrected chi connectivity index (χ4v) is 4.58. The van der Waals surface area contributed by atoms with E-state index >= 15 is 0 Å². The maximum Gasteiger partial charge on any atom is 0.318 e. The first-order chi connectivity index (χ1) is 18.4. The maximum absolute atomic E-state index is 14.1. The highest BCUT2D eigenvalue weighted by atomic mass is 19.1. The summed E-state index contributed by atoms with van der Waals surface area (Å²) in [5.74, 6) is -0.609. The second-order valence-electron chi connectivity index (χ2n) is 9.83. The summed E-state index contributed by atoms with van der Waals surface area (Å²) in [5, 5.41) is 5.84. The molecule has 204 valence electrons. The second kappa shape index (κ2) is 13.3. The summed E-state index contributed by atoms with van der Waals surface area (Å²) >= 11 is 0. The molecule has 1 aliphatic heterocycles. The van der Waals surface area contributed by atoms with Gasteiger partial charge in [0, 0.05) is 44.6 Å². The molecule has 2 unspecified atom stereocenters. The number of nitrogens with zero attached hydrogens (tertiary/aromatic N) is 3. The Kier molecular flexibility index (Phi) is 9.67. The van der Waals surface area contributed by atoms with Crippen molar-refractivity contribution in [3.8, 4) is 0 Å². The summed E-state index contributed by atoms with van der Waals surface area (Å²) in [7, 11) is 0. The molecule has 0 saturated carbocycles. The van der Waals surface area contributed by atoms with E-state index in [4.69, 9.17) is 10.5 Å². The SMILES string of the molecule is CC1=CCC(NC(=O)N(CCCN2CCOCC2)Cc2ccc(C(=O)NC3CC=CC=C3N)nc2)C=C1F. The van der Waals surface area contributed by atoms with Crippen LogP contribution in [0.25, 0.3) is 0 Å². The van der Waals surface area contributed by atoms with Gasteiger partial charge >= 0.3 is 6.03 Å². The van der Waals surface area contributed by atoms with Crippen LogP contribution in [0, 0.1) is 0 Å². The number of allylic oxidation sites excluding steroid dienone is 4. The summed E-state index contributed by atoms with van der Waals surface area (Å²) in [6.07, 6.45) is 12.4. The molecular formula is C28H37FN6O3. The van der Waals surface area contributed by atoms with Crippen molar-refractivity contribution in [3.05, 3.63) is 77.1 Å². The quantitative estimate of drug-likeness (QED) is 0.458. The first-order valence-electron chi connectivity index (χ1n) is 13.2. The predicted molar refractivity (Wildman–Crippen MR) is 144 cm³/mol. The molecule has 38 heavy (non-hydrogen) atoms. The van der Waals surface area contributed by atoms with Crippen molar-refractivity contribution in [1.82, 2.24) is 25.4 Å². The Morgan fingerprint density at radius 3 is 2.76 bits per heavy atom. The second-order valence-corrected chi connectivity index (χ2v) is 9.83. The zero-order chi connectivity index (χ0) is 26.9. The average Bonchev–Trinajstić information content (AvgIpc) is 2.92. The van der Waals surface area contributed by atoms with E-state index in [0.29, 0.717) is 37.2 Å². The summed E-state index contributed by atoms with van der Waals surface area (Å²) in [6.45, 7) is 6.65. The number of hydrogen-bond donors (Lipinski definition) is 3. The lowest BCUT2D eigenvalue weighted by molar-refractivity contribution is 0.0364. The molecule has 1 aromatic heterocycles. The number of morpholine rings is 1. The minimum absolute atomic E-state index is 0.253. The van der Waals surface area contributed by atoms with E-state index < -0.39 is 6.04 Å². The number of rotatable bonds is 9. The third kappa shape index (κ3) is 7.75. The van der Waals surface area contributed by atoms with Gasteiger partial charge in [-0.25, -0.2) is 9.18 Å². The van der Waals surface area contributed by atoms with Crippen LogP contribution in [0.5, 0.6) is 0 Å². The highest BCUT2D eigenvalue weighted by Crippen LogP contribution is 2.20. The van der Waals surface area contributed by atoms with Crippen molar-refractivity contribution in [2.24, 2.45) is 5.73 Å². The summed E-state index contributed by atoms with van der Waals surface area (Å²) in [5.41, 5.74) is 8.25. The van der Waals surface area contributed by atoms with Crippen LogP contribution >= 0.6 is 0 Å². The topological polar surface area (TPSA) is 113 Å². The Morgan fingerprint density at radius 1 is 1.24 bits per heavy atom. The van der Waals surface area contributed by atoms with Crippen LogP contribution < -0.4 is 16.4 Å². The number of carbonyl (C=O) groups excluding carboxylic acids is 2. The number of ether oxygens (including phenoxy) is 1. The molecular weight excluding hydrogens is 487 g/mol. The number of hydrogen-bond acceptors (Lipinski definition) is 6. The van der Waals surface area contributed by atoms with Gasteiger partial charge < -0.3 is 26.0 Å². The molecule has 4 rings (SSSR count). The molecule has 9 nitrogen and oxygen atoms in total. The lowest BCUT2D eigenvalue weighted by atomic mass is 10.0. The number of nitrogens with one attached hydrogen (secondary N) is 2. The number of pyridine rings is 1. The Labute approximate surface area is 223 Å². The fourth-order valence-electron chi connectivity index (χ4n) is 4.58. The molecule has 3 aliphatic rings. The summed E-state index contributed by atoms with van der Waals surface area (Å²) in [4.78, 5) is 34.2. The molecule has 2 heterocycles. The lowest BCUT2D eigenvalue weighted by Gasteiger charge is -2.29. The minimum atomic E-state index is -0.395. The van der Waals surface area contributed by atoms with E-state index in [0.717, 1.165) is 44.8 Å². The van der Waals surface area contributed by atoms with Gasteiger partial charge in [0.15, 0.2) is 0 Å². The number of carbonyl (C=O) groups is 2. The Morgan fingerprint density at radius 2 is 2.05 bits per heavy atom. The van der Waals surface area contributed by atoms with Gasteiger partial charge in [-0.1, -0.05) is 24.3 Å². The van der Waals surface area contributed by atoms with E-state index in [1.165, 1.54) is 6.08 Å². The molecule has 0 spiro atoms. The van der Waals surface area contributed by atoms with Crippen LogP contribution in [0.3, 0.4) is 0 Å². The number of urea groups is 1. The molecule has 1 fully saturated rings. The van der Waals surface area contributed by atoms with Crippen LogP contribution in [0.4, 0.5) is 9.18 Å². The Balaban J connectivity index is 1.37. The smallest absolute Gasteiger partial charge is 0.318 e. The van der Waals surface area contributed by atoms with E-state index in [1.54, 1.807) is 42.3 Å². The Bertz CT molecular complexity index is 1110. The third-order valence-corrected chi connectivity index (χ3v) is 6.94. The predicted octanol–water partition coefficient (Wildman–Crippen LogP) is 2.79. The third-order valence-electron chi connectivity index (χ3n) is 6.94. The molecule has 2 aliphatic carbocycles. The first-order valence-corrected chi connectivity index (χ1v) is 13.2. The van der Waals surface area contributed by atoms with Crippen molar-refractivity contribution in [2.75, 3.05) is 39.4 Å².